The van der Waals surface area contributed by atoms with Gasteiger partial charge in [-0.15, -0.1) is 0 Å². The largest absolute Gasteiger partial charge is 0.406 e. The number of carbonyl (C=O) groups excluding carboxylic acids is 1. The molecule has 54 valence electrons. The molecule has 3 heteroatoms. The van der Waals surface area contributed by atoms with Gasteiger partial charge in [-0.3, -0.25) is 0 Å². The zero-order valence-electron chi connectivity index (χ0n) is 6.05. The summed E-state index contributed by atoms with van der Waals surface area (Å²) in [4.78, 5) is 14.3. The second-order valence-electron chi connectivity index (χ2n) is 2.35. The van der Waals surface area contributed by atoms with Crippen molar-refractivity contribution in [2.24, 2.45) is 4.99 Å². The second kappa shape index (κ2) is 2.64. The van der Waals surface area contributed by atoms with Gasteiger partial charge in [-0.25, -0.2) is 9.79 Å². The first-order valence-corrected chi connectivity index (χ1v) is 3.08. The van der Waals surface area contributed by atoms with E-state index in [4.69, 9.17) is 4.74 Å². The monoisotopic (exact) mass is 139 g/mol. The summed E-state index contributed by atoms with van der Waals surface area (Å²) in [6.07, 6.45) is 1.74. The molecule has 0 radical (unpaired) electrons. The van der Waals surface area contributed by atoms with Crippen LogP contribution in [0.4, 0.5) is 0 Å². The summed E-state index contributed by atoms with van der Waals surface area (Å²) < 4.78 is 4.71. The Labute approximate surface area is 59.4 Å². The molecule has 10 heavy (non-hydrogen) atoms. The van der Waals surface area contributed by atoms with Crippen LogP contribution in [0.15, 0.2) is 16.6 Å². The highest BCUT2D eigenvalue weighted by atomic mass is 16.5. The molecule has 0 amide bonds. The number of rotatable bonds is 1. The summed E-state index contributed by atoms with van der Waals surface area (Å²) >= 11 is 0. The SMILES string of the molecule is CC(C)=CC1=NCC(=O)O1. The Balaban J connectivity index is 2.61. The molecule has 0 aromatic rings. The molecule has 0 fully saturated rings. The van der Waals surface area contributed by atoms with Gasteiger partial charge in [-0.1, -0.05) is 5.57 Å². The van der Waals surface area contributed by atoms with Crippen LogP contribution in [0.5, 0.6) is 0 Å². The lowest BCUT2D eigenvalue weighted by Gasteiger charge is -1.91. The van der Waals surface area contributed by atoms with Crippen LogP contribution in [0.25, 0.3) is 0 Å². The van der Waals surface area contributed by atoms with E-state index in [-0.39, 0.29) is 12.5 Å². The fraction of sp³-hybridized carbons (Fsp3) is 0.429. The second-order valence-corrected chi connectivity index (χ2v) is 2.35. The van der Waals surface area contributed by atoms with Crippen LogP contribution >= 0.6 is 0 Å². The molecule has 1 heterocycles. The van der Waals surface area contributed by atoms with E-state index < -0.39 is 0 Å². The summed E-state index contributed by atoms with van der Waals surface area (Å²) in [6.45, 7) is 4.02. The molecule has 0 spiro atoms. The lowest BCUT2D eigenvalue weighted by molar-refractivity contribution is -0.132. The Hall–Kier alpha value is -1.12. The van der Waals surface area contributed by atoms with Crippen molar-refractivity contribution in [3.63, 3.8) is 0 Å². The minimum absolute atomic E-state index is 0.166. The first-order chi connectivity index (χ1) is 4.68. The first-order valence-electron chi connectivity index (χ1n) is 3.08. The lowest BCUT2D eigenvalue weighted by atomic mass is 10.3. The van der Waals surface area contributed by atoms with Gasteiger partial charge in [-0.2, -0.15) is 0 Å². The molecule has 3 nitrogen and oxygen atoms in total. The van der Waals surface area contributed by atoms with Crippen LogP contribution in [0.3, 0.4) is 0 Å². The quantitative estimate of drug-likeness (QED) is 0.506. The summed E-state index contributed by atoms with van der Waals surface area (Å²) in [5.41, 5.74) is 1.08. The summed E-state index contributed by atoms with van der Waals surface area (Å²) in [5, 5.41) is 0. The van der Waals surface area contributed by atoms with Gasteiger partial charge in [0, 0.05) is 0 Å². The maximum Gasteiger partial charge on any atom is 0.334 e. The van der Waals surface area contributed by atoms with Crippen molar-refractivity contribution < 1.29 is 9.53 Å². The highest BCUT2D eigenvalue weighted by molar-refractivity contribution is 6.01. The molecule has 1 rings (SSSR count). The predicted octanol–water partition coefficient (Wildman–Crippen LogP) is 0.908. The van der Waals surface area contributed by atoms with Crippen LogP contribution in [-0.4, -0.2) is 18.4 Å². The molecular weight excluding hydrogens is 130 g/mol. The van der Waals surface area contributed by atoms with E-state index in [1.807, 2.05) is 13.8 Å². The molecule has 0 unspecified atom stereocenters. The Morgan fingerprint density at radius 3 is 2.80 bits per heavy atom. The molecule has 0 N–H and O–H groups in total. The number of hydrogen-bond donors (Lipinski definition) is 0. The maximum absolute atomic E-state index is 10.5. The number of ether oxygens (including phenoxy) is 1. The van der Waals surface area contributed by atoms with Crippen molar-refractivity contribution in [2.45, 2.75) is 13.8 Å². The number of allylic oxidation sites excluding steroid dienone is 1. The molecule has 0 bridgehead atoms. The predicted molar refractivity (Wildman–Crippen MR) is 37.8 cm³/mol. The van der Waals surface area contributed by atoms with Gasteiger partial charge in [0.1, 0.15) is 6.54 Å². The average molecular weight is 139 g/mol. The zero-order valence-corrected chi connectivity index (χ0v) is 6.05. The Kier molecular flexibility index (Phi) is 1.85. The van der Waals surface area contributed by atoms with Gasteiger partial charge >= 0.3 is 5.97 Å². The summed E-state index contributed by atoms with van der Waals surface area (Å²) in [7, 11) is 0. The third-order valence-electron chi connectivity index (χ3n) is 0.995. The van der Waals surface area contributed by atoms with Gasteiger partial charge in [0.15, 0.2) is 0 Å². The average Bonchev–Trinajstić information content (AvgIpc) is 2.13. The van der Waals surface area contributed by atoms with Crippen LogP contribution in [-0.2, 0) is 9.53 Å². The normalized spacial score (nSPS) is 16.2. The third-order valence-corrected chi connectivity index (χ3v) is 0.995. The van der Waals surface area contributed by atoms with E-state index in [0.29, 0.717) is 5.90 Å². The topological polar surface area (TPSA) is 38.7 Å². The Bertz CT molecular complexity index is 212. The van der Waals surface area contributed by atoms with Gasteiger partial charge < -0.3 is 4.74 Å². The van der Waals surface area contributed by atoms with E-state index in [0.717, 1.165) is 5.57 Å². The van der Waals surface area contributed by atoms with Crippen LogP contribution < -0.4 is 0 Å². The van der Waals surface area contributed by atoms with Gasteiger partial charge in [-0.05, 0) is 19.9 Å². The third kappa shape index (κ3) is 1.69. The van der Waals surface area contributed by atoms with Crippen LogP contribution in [0.2, 0.25) is 0 Å². The van der Waals surface area contributed by atoms with Crippen molar-refractivity contribution in [3.8, 4) is 0 Å². The maximum atomic E-state index is 10.5. The molecule has 0 aromatic heterocycles. The Morgan fingerprint density at radius 1 is 1.70 bits per heavy atom. The first kappa shape index (κ1) is 6.99. The van der Waals surface area contributed by atoms with Crippen molar-refractivity contribution in [2.75, 3.05) is 6.54 Å². The van der Waals surface area contributed by atoms with E-state index >= 15 is 0 Å². The highest BCUT2D eigenvalue weighted by Gasteiger charge is 2.12. The number of carbonyl (C=O) groups is 1. The standard InChI is InChI=1S/C7H9NO2/c1-5(2)3-6-8-4-7(9)10-6/h3H,4H2,1-2H3. The number of nitrogens with zero attached hydrogens (tertiary/aromatic N) is 1. The number of cyclic esters (lactones) is 1. The van der Waals surface area contributed by atoms with Crippen LogP contribution in [0, 0.1) is 0 Å². The fourth-order valence-corrected chi connectivity index (χ4v) is 0.646. The molecule has 1 aliphatic heterocycles. The summed E-state index contributed by atoms with van der Waals surface area (Å²) in [6, 6.07) is 0. The molecule has 0 saturated heterocycles. The van der Waals surface area contributed by atoms with Crippen molar-refractivity contribution >= 4 is 11.9 Å². The summed E-state index contributed by atoms with van der Waals surface area (Å²) in [5.74, 6) is 0.164. The zero-order chi connectivity index (χ0) is 7.56. The van der Waals surface area contributed by atoms with E-state index in [2.05, 4.69) is 4.99 Å². The van der Waals surface area contributed by atoms with Crippen molar-refractivity contribution in [1.29, 1.82) is 0 Å². The fourth-order valence-electron chi connectivity index (χ4n) is 0.646. The number of esters is 1. The molecule has 0 saturated carbocycles. The van der Waals surface area contributed by atoms with Crippen molar-refractivity contribution in [1.82, 2.24) is 0 Å². The van der Waals surface area contributed by atoms with Crippen LogP contribution in [0.1, 0.15) is 13.8 Å². The van der Waals surface area contributed by atoms with E-state index in [9.17, 15) is 4.79 Å². The van der Waals surface area contributed by atoms with E-state index in [1.54, 1.807) is 6.08 Å². The smallest absolute Gasteiger partial charge is 0.334 e. The number of aliphatic imine (C=N–C) groups is 1. The van der Waals surface area contributed by atoms with Gasteiger partial charge in [0.05, 0.1) is 0 Å². The van der Waals surface area contributed by atoms with Gasteiger partial charge in [0.25, 0.3) is 0 Å². The molecule has 0 aromatic carbocycles. The lowest BCUT2D eigenvalue weighted by Crippen LogP contribution is -2.01. The number of hydrogen-bond acceptors (Lipinski definition) is 3. The van der Waals surface area contributed by atoms with Gasteiger partial charge in [0.2, 0.25) is 5.90 Å². The Morgan fingerprint density at radius 2 is 2.40 bits per heavy atom. The minimum Gasteiger partial charge on any atom is -0.406 e. The molecule has 0 atom stereocenters. The highest BCUT2D eigenvalue weighted by Crippen LogP contribution is 2.00. The molecule has 0 aliphatic carbocycles. The van der Waals surface area contributed by atoms with Crippen molar-refractivity contribution in [3.05, 3.63) is 11.6 Å². The van der Waals surface area contributed by atoms with E-state index in [1.165, 1.54) is 0 Å². The molecule has 1 aliphatic rings. The molecular formula is C7H9NO2. The minimum atomic E-state index is -0.271.